The average molecular weight is 254 g/mol. The molecule has 1 fully saturated rings. The van der Waals surface area contributed by atoms with Gasteiger partial charge in [0.1, 0.15) is 6.23 Å². The Balaban J connectivity index is 2.12. The first-order valence-electron chi connectivity index (χ1n) is 5.45. The van der Waals surface area contributed by atoms with Gasteiger partial charge in [-0.15, -0.1) is 0 Å². The molecular formula is C11H14N2O5. The standard InChI is InChI=1S/C11H14N2O5/c14-5-11(6-15)7-18-10(12-11)8-1-3-9(4-2-8)13(16)17/h1-4,10,12,14-15H,5-7H2/t10-/m1/s1. The molecular weight excluding hydrogens is 240 g/mol. The Labute approximate surface area is 103 Å². The molecule has 0 aromatic heterocycles. The van der Waals surface area contributed by atoms with E-state index < -0.39 is 16.7 Å². The normalized spacial score (nSPS) is 22.0. The van der Waals surface area contributed by atoms with Gasteiger partial charge in [0.05, 0.1) is 30.3 Å². The number of aliphatic hydroxyl groups excluding tert-OH is 2. The summed E-state index contributed by atoms with van der Waals surface area (Å²) in [6.07, 6.45) is -0.481. The molecule has 18 heavy (non-hydrogen) atoms. The maximum absolute atomic E-state index is 10.5. The van der Waals surface area contributed by atoms with Crippen molar-refractivity contribution < 1.29 is 19.9 Å². The number of rotatable bonds is 4. The number of aliphatic hydroxyl groups is 2. The van der Waals surface area contributed by atoms with E-state index in [-0.39, 0.29) is 25.5 Å². The van der Waals surface area contributed by atoms with Gasteiger partial charge < -0.3 is 14.9 Å². The van der Waals surface area contributed by atoms with Crippen LogP contribution in [0, 0.1) is 10.1 Å². The van der Waals surface area contributed by atoms with Crippen molar-refractivity contribution in [1.82, 2.24) is 5.32 Å². The summed E-state index contributed by atoms with van der Waals surface area (Å²) in [7, 11) is 0. The highest BCUT2D eigenvalue weighted by atomic mass is 16.6. The highest BCUT2D eigenvalue weighted by Gasteiger charge is 2.39. The monoisotopic (exact) mass is 254 g/mol. The third kappa shape index (κ3) is 2.34. The van der Waals surface area contributed by atoms with Gasteiger partial charge in [-0.3, -0.25) is 15.4 Å². The Morgan fingerprint density at radius 2 is 2.00 bits per heavy atom. The fourth-order valence-corrected chi connectivity index (χ4v) is 1.79. The number of nitro groups is 1. The van der Waals surface area contributed by atoms with E-state index in [0.717, 1.165) is 0 Å². The molecule has 1 aliphatic heterocycles. The molecule has 1 saturated heterocycles. The Bertz CT molecular complexity index is 430. The van der Waals surface area contributed by atoms with Gasteiger partial charge in [0.2, 0.25) is 0 Å². The molecule has 1 aromatic carbocycles. The summed E-state index contributed by atoms with van der Waals surface area (Å²) in [5, 5.41) is 31.9. The van der Waals surface area contributed by atoms with Crippen molar-refractivity contribution in [2.24, 2.45) is 0 Å². The summed E-state index contributed by atoms with van der Waals surface area (Å²) in [5.41, 5.74) is -0.136. The highest BCUT2D eigenvalue weighted by Crippen LogP contribution is 2.27. The molecule has 0 radical (unpaired) electrons. The van der Waals surface area contributed by atoms with Crippen molar-refractivity contribution in [3.63, 3.8) is 0 Å². The predicted molar refractivity (Wildman–Crippen MR) is 61.8 cm³/mol. The summed E-state index contributed by atoms with van der Waals surface area (Å²) in [5.74, 6) is 0. The van der Waals surface area contributed by atoms with Gasteiger partial charge in [0.15, 0.2) is 0 Å². The van der Waals surface area contributed by atoms with E-state index >= 15 is 0 Å². The summed E-state index contributed by atoms with van der Waals surface area (Å²) in [6.45, 7) is -0.304. The molecule has 2 rings (SSSR count). The number of ether oxygens (including phenoxy) is 1. The van der Waals surface area contributed by atoms with E-state index in [9.17, 15) is 20.3 Å². The van der Waals surface area contributed by atoms with Crippen molar-refractivity contribution in [2.75, 3.05) is 19.8 Å². The van der Waals surface area contributed by atoms with Crippen LogP contribution in [-0.2, 0) is 4.74 Å². The van der Waals surface area contributed by atoms with E-state index in [1.807, 2.05) is 0 Å². The first kappa shape index (κ1) is 12.9. The van der Waals surface area contributed by atoms with Gasteiger partial charge in [-0.05, 0) is 17.7 Å². The Morgan fingerprint density at radius 3 is 2.44 bits per heavy atom. The van der Waals surface area contributed by atoms with E-state index in [2.05, 4.69) is 5.32 Å². The van der Waals surface area contributed by atoms with Crippen molar-refractivity contribution in [2.45, 2.75) is 11.8 Å². The number of non-ortho nitro benzene ring substituents is 1. The third-order valence-corrected chi connectivity index (χ3v) is 2.98. The number of nitro benzene ring substituents is 1. The molecule has 0 aliphatic carbocycles. The van der Waals surface area contributed by atoms with Crippen LogP contribution in [0.2, 0.25) is 0 Å². The predicted octanol–water partition coefficient (Wildman–Crippen LogP) is -0.0634. The molecule has 1 heterocycles. The molecule has 1 atom stereocenters. The number of benzene rings is 1. The summed E-state index contributed by atoms with van der Waals surface area (Å²) in [4.78, 5) is 10.0. The second-order valence-corrected chi connectivity index (χ2v) is 4.28. The molecule has 0 spiro atoms. The van der Waals surface area contributed by atoms with Crippen molar-refractivity contribution >= 4 is 5.69 Å². The van der Waals surface area contributed by atoms with Crippen LogP contribution in [0.15, 0.2) is 24.3 Å². The van der Waals surface area contributed by atoms with Gasteiger partial charge >= 0.3 is 0 Å². The highest BCUT2D eigenvalue weighted by molar-refractivity contribution is 5.34. The molecule has 3 N–H and O–H groups in total. The lowest BCUT2D eigenvalue weighted by atomic mass is 10.0. The Morgan fingerprint density at radius 1 is 1.39 bits per heavy atom. The minimum Gasteiger partial charge on any atom is -0.394 e. The van der Waals surface area contributed by atoms with Gasteiger partial charge in [0.25, 0.3) is 5.69 Å². The van der Waals surface area contributed by atoms with Gasteiger partial charge in [0, 0.05) is 12.1 Å². The molecule has 1 aromatic rings. The number of nitrogens with one attached hydrogen (secondary N) is 1. The topological polar surface area (TPSA) is 105 Å². The average Bonchev–Trinajstić information content (AvgIpc) is 2.84. The smallest absolute Gasteiger partial charge is 0.269 e. The minimum absolute atomic E-state index is 0.00678. The van der Waals surface area contributed by atoms with E-state index in [4.69, 9.17) is 4.74 Å². The Kier molecular flexibility index (Phi) is 3.58. The van der Waals surface area contributed by atoms with E-state index in [1.165, 1.54) is 12.1 Å². The van der Waals surface area contributed by atoms with Crippen molar-refractivity contribution in [3.05, 3.63) is 39.9 Å². The van der Waals surface area contributed by atoms with Crippen LogP contribution < -0.4 is 5.32 Å². The van der Waals surface area contributed by atoms with Gasteiger partial charge in [-0.2, -0.15) is 0 Å². The number of hydrogen-bond donors (Lipinski definition) is 3. The lowest BCUT2D eigenvalue weighted by molar-refractivity contribution is -0.384. The largest absolute Gasteiger partial charge is 0.394 e. The second-order valence-electron chi connectivity index (χ2n) is 4.28. The van der Waals surface area contributed by atoms with E-state index in [0.29, 0.717) is 5.56 Å². The van der Waals surface area contributed by atoms with Crippen LogP contribution in [-0.4, -0.2) is 40.5 Å². The van der Waals surface area contributed by atoms with Crippen LogP contribution >= 0.6 is 0 Å². The molecule has 0 unspecified atom stereocenters. The molecule has 7 nitrogen and oxygen atoms in total. The fourth-order valence-electron chi connectivity index (χ4n) is 1.79. The van der Waals surface area contributed by atoms with Crippen LogP contribution in [0.5, 0.6) is 0 Å². The lowest BCUT2D eigenvalue weighted by Gasteiger charge is -2.23. The van der Waals surface area contributed by atoms with Gasteiger partial charge in [-0.1, -0.05) is 0 Å². The second kappa shape index (κ2) is 4.99. The molecule has 0 saturated carbocycles. The third-order valence-electron chi connectivity index (χ3n) is 2.98. The van der Waals surface area contributed by atoms with Crippen LogP contribution in [0.1, 0.15) is 11.8 Å². The first-order chi connectivity index (χ1) is 8.60. The van der Waals surface area contributed by atoms with Crippen molar-refractivity contribution in [1.29, 1.82) is 0 Å². The summed E-state index contributed by atoms with van der Waals surface area (Å²) in [6, 6.07) is 5.94. The lowest BCUT2D eigenvalue weighted by Crippen LogP contribution is -2.49. The summed E-state index contributed by atoms with van der Waals surface area (Å²) < 4.78 is 5.44. The first-order valence-corrected chi connectivity index (χ1v) is 5.45. The van der Waals surface area contributed by atoms with Crippen LogP contribution in [0.3, 0.4) is 0 Å². The minimum atomic E-state index is -0.855. The molecule has 98 valence electrons. The van der Waals surface area contributed by atoms with Crippen molar-refractivity contribution in [3.8, 4) is 0 Å². The zero-order chi connectivity index (χ0) is 13.2. The maximum atomic E-state index is 10.5. The molecule has 1 aliphatic rings. The molecule has 7 heteroatoms. The zero-order valence-electron chi connectivity index (χ0n) is 9.57. The molecule has 0 amide bonds. The SMILES string of the molecule is O=[N+]([O-])c1ccc([C@@H]2NC(CO)(CO)CO2)cc1. The van der Waals surface area contributed by atoms with E-state index in [1.54, 1.807) is 12.1 Å². The number of nitrogens with zero attached hydrogens (tertiary/aromatic N) is 1. The Hall–Kier alpha value is -1.54. The molecule has 0 bridgehead atoms. The van der Waals surface area contributed by atoms with Crippen LogP contribution in [0.25, 0.3) is 0 Å². The summed E-state index contributed by atoms with van der Waals surface area (Å²) >= 11 is 0. The van der Waals surface area contributed by atoms with Crippen LogP contribution in [0.4, 0.5) is 5.69 Å². The van der Waals surface area contributed by atoms with Gasteiger partial charge in [-0.25, -0.2) is 0 Å². The fraction of sp³-hybridized carbons (Fsp3) is 0.455. The number of hydrogen-bond acceptors (Lipinski definition) is 6. The quantitative estimate of drug-likeness (QED) is 0.513. The zero-order valence-corrected chi connectivity index (χ0v) is 9.57. The maximum Gasteiger partial charge on any atom is 0.269 e.